The Morgan fingerprint density at radius 3 is 2.05 bits per heavy atom. The van der Waals surface area contributed by atoms with Crippen molar-refractivity contribution in [2.24, 2.45) is 10.2 Å². The van der Waals surface area contributed by atoms with E-state index in [1.165, 1.54) is 5.56 Å². The molecule has 0 aliphatic heterocycles. The molecule has 22 heavy (non-hydrogen) atoms. The van der Waals surface area contributed by atoms with Gasteiger partial charge >= 0.3 is 0 Å². The van der Waals surface area contributed by atoms with Gasteiger partial charge in [0.2, 0.25) is 0 Å². The van der Waals surface area contributed by atoms with Gasteiger partial charge in [0, 0.05) is 6.54 Å². The Kier molecular flexibility index (Phi) is 4.57. The SMILES string of the molecule is c1ccc(CNc2ccccc2N=Nc2ccccc2)cc1. The fourth-order valence-electron chi connectivity index (χ4n) is 2.11. The summed E-state index contributed by atoms with van der Waals surface area (Å²) in [5.74, 6) is 0. The summed E-state index contributed by atoms with van der Waals surface area (Å²) in [5, 5.41) is 12.0. The Morgan fingerprint density at radius 1 is 0.636 bits per heavy atom. The number of nitrogens with zero attached hydrogens (tertiary/aromatic N) is 2. The maximum Gasteiger partial charge on any atom is 0.109 e. The predicted molar refractivity (Wildman–Crippen MR) is 90.8 cm³/mol. The molecule has 0 unspecified atom stereocenters. The van der Waals surface area contributed by atoms with Crippen molar-refractivity contribution in [1.29, 1.82) is 0 Å². The number of rotatable bonds is 5. The minimum Gasteiger partial charge on any atom is -0.379 e. The number of benzene rings is 3. The van der Waals surface area contributed by atoms with E-state index in [2.05, 4.69) is 27.7 Å². The van der Waals surface area contributed by atoms with Crippen LogP contribution in [0.2, 0.25) is 0 Å². The average molecular weight is 287 g/mol. The van der Waals surface area contributed by atoms with Gasteiger partial charge in [0.1, 0.15) is 5.69 Å². The van der Waals surface area contributed by atoms with Crippen LogP contribution >= 0.6 is 0 Å². The van der Waals surface area contributed by atoms with Gasteiger partial charge in [-0.25, -0.2) is 0 Å². The van der Waals surface area contributed by atoms with E-state index in [1.807, 2.05) is 72.8 Å². The minimum atomic E-state index is 0.763. The van der Waals surface area contributed by atoms with Crippen LogP contribution < -0.4 is 5.32 Å². The quantitative estimate of drug-likeness (QED) is 0.599. The number of para-hydroxylation sites is 1. The van der Waals surface area contributed by atoms with Crippen LogP contribution in [0.25, 0.3) is 0 Å². The standard InChI is InChI=1S/C19H17N3/c1-3-9-16(10-4-1)15-20-18-13-7-8-14-19(18)22-21-17-11-5-2-6-12-17/h1-14,20H,15H2. The number of anilines is 1. The molecule has 0 fully saturated rings. The molecule has 3 aromatic carbocycles. The maximum absolute atomic E-state index is 4.35. The van der Waals surface area contributed by atoms with Crippen LogP contribution in [0.15, 0.2) is 95.2 Å². The molecule has 0 bridgehead atoms. The van der Waals surface area contributed by atoms with Crippen LogP contribution in [-0.4, -0.2) is 0 Å². The lowest BCUT2D eigenvalue weighted by molar-refractivity contribution is 1.14. The van der Waals surface area contributed by atoms with Crippen molar-refractivity contribution < 1.29 is 0 Å². The van der Waals surface area contributed by atoms with E-state index in [9.17, 15) is 0 Å². The van der Waals surface area contributed by atoms with Crippen LogP contribution in [0.4, 0.5) is 17.1 Å². The third kappa shape index (κ3) is 3.79. The predicted octanol–water partition coefficient (Wildman–Crippen LogP) is 5.71. The number of nitrogens with one attached hydrogen (secondary N) is 1. The third-order valence-electron chi connectivity index (χ3n) is 3.26. The lowest BCUT2D eigenvalue weighted by Crippen LogP contribution is -1.98. The van der Waals surface area contributed by atoms with Crippen molar-refractivity contribution in [3.8, 4) is 0 Å². The van der Waals surface area contributed by atoms with Crippen molar-refractivity contribution in [1.82, 2.24) is 0 Å². The Hall–Kier alpha value is -2.94. The highest BCUT2D eigenvalue weighted by Gasteiger charge is 2.00. The van der Waals surface area contributed by atoms with E-state index in [4.69, 9.17) is 0 Å². The molecular formula is C19H17N3. The molecule has 3 aromatic rings. The molecule has 0 aromatic heterocycles. The largest absolute Gasteiger partial charge is 0.379 e. The van der Waals surface area contributed by atoms with Gasteiger partial charge in [-0.2, -0.15) is 5.11 Å². The fraction of sp³-hybridized carbons (Fsp3) is 0.0526. The first-order valence-corrected chi connectivity index (χ1v) is 7.25. The van der Waals surface area contributed by atoms with Crippen molar-refractivity contribution in [2.45, 2.75) is 6.54 Å². The van der Waals surface area contributed by atoms with Gasteiger partial charge in [-0.3, -0.25) is 0 Å². The molecule has 0 amide bonds. The Balaban J connectivity index is 1.74. The second-order valence-corrected chi connectivity index (χ2v) is 4.89. The number of hydrogen-bond acceptors (Lipinski definition) is 3. The van der Waals surface area contributed by atoms with Gasteiger partial charge in [0.25, 0.3) is 0 Å². The van der Waals surface area contributed by atoms with Crippen LogP contribution in [0, 0.1) is 0 Å². The van der Waals surface area contributed by atoms with Crippen LogP contribution in [0.3, 0.4) is 0 Å². The zero-order valence-corrected chi connectivity index (χ0v) is 12.2. The van der Waals surface area contributed by atoms with Crippen LogP contribution in [0.5, 0.6) is 0 Å². The molecule has 0 saturated heterocycles. The molecule has 0 saturated carbocycles. The van der Waals surface area contributed by atoms with Gasteiger partial charge in [-0.05, 0) is 29.8 Å². The molecule has 0 radical (unpaired) electrons. The first-order valence-electron chi connectivity index (χ1n) is 7.25. The monoisotopic (exact) mass is 287 g/mol. The van der Waals surface area contributed by atoms with Gasteiger partial charge in [-0.15, -0.1) is 5.11 Å². The lowest BCUT2D eigenvalue weighted by Gasteiger charge is -2.08. The normalized spacial score (nSPS) is 10.7. The van der Waals surface area contributed by atoms with Crippen LogP contribution in [0.1, 0.15) is 5.56 Å². The first-order chi connectivity index (χ1) is 10.9. The summed E-state index contributed by atoms with van der Waals surface area (Å²) in [6.07, 6.45) is 0. The molecular weight excluding hydrogens is 270 g/mol. The summed E-state index contributed by atoms with van der Waals surface area (Å²) in [5.41, 5.74) is 3.89. The molecule has 0 spiro atoms. The van der Waals surface area contributed by atoms with Gasteiger partial charge in [-0.1, -0.05) is 60.7 Å². The second kappa shape index (κ2) is 7.18. The molecule has 108 valence electrons. The summed E-state index contributed by atoms with van der Waals surface area (Å²) in [6.45, 7) is 0.763. The first kappa shape index (κ1) is 14.0. The van der Waals surface area contributed by atoms with E-state index >= 15 is 0 Å². The summed E-state index contributed by atoms with van der Waals surface area (Å²) < 4.78 is 0. The summed E-state index contributed by atoms with van der Waals surface area (Å²) >= 11 is 0. The third-order valence-corrected chi connectivity index (χ3v) is 3.26. The summed E-state index contributed by atoms with van der Waals surface area (Å²) in [7, 11) is 0. The van der Waals surface area contributed by atoms with Gasteiger partial charge in [0.05, 0.1) is 11.4 Å². The number of azo groups is 1. The lowest BCUT2D eigenvalue weighted by atomic mass is 10.2. The summed E-state index contributed by atoms with van der Waals surface area (Å²) in [4.78, 5) is 0. The molecule has 3 heteroatoms. The molecule has 0 atom stereocenters. The Bertz CT molecular complexity index is 737. The van der Waals surface area contributed by atoms with E-state index in [-0.39, 0.29) is 0 Å². The topological polar surface area (TPSA) is 36.8 Å². The van der Waals surface area contributed by atoms with Crippen molar-refractivity contribution in [3.63, 3.8) is 0 Å². The number of hydrogen-bond donors (Lipinski definition) is 1. The van der Waals surface area contributed by atoms with Crippen molar-refractivity contribution in [3.05, 3.63) is 90.5 Å². The van der Waals surface area contributed by atoms with E-state index < -0.39 is 0 Å². The zero-order valence-electron chi connectivity index (χ0n) is 12.2. The molecule has 0 aliphatic carbocycles. The highest BCUT2D eigenvalue weighted by atomic mass is 15.1. The van der Waals surface area contributed by atoms with Crippen LogP contribution in [-0.2, 0) is 6.54 Å². The fourth-order valence-corrected chi connectivity index (χ4v) is 2.11. The minimum absolute atomic E-state index is 0.763. The van der Waals surface area contributed by atoms with Crippen molar-refractivity contribution in [2.75, 3.05) is 5.32 Å². The smallest absolute Gasteiger partial charge is 0.109 e. The molecule has 0 heterocycles. The molecule has 0 aliphatic rings. The van der Waals surface area contributed by atoms with E-state index in [0.29, 0.717) is 0 Å². The average Bonchev–Trinajstić information content (AvgIpc) is 2.61. The van der Waals surface area contributed by atoms with E-state index in [1.54, 1.807) is 0 Å². The summed E-state index contributed by atoms with van der Waals surface area (Å²) in [6, 6.07) is 28.0. The van der Waals surface area contributed by atoms with E-state index in [0.717, 1.165) is 23.6 Å². The van der Waals surface area contributed by atoms with Crippen molar-refractivity contribution >= 4 is 17.1 Å². The zero-order chi connectivity index (χ0) is 15.0. The molecule has 3 rings (SSSR count). The molecule has 1 N–H and O–H groups in total. The Morgan fingerprint density at radius 2 is 1.27 bits per heavy atom. The Labute approximate surface area is 130 Å². The highest BCUT2D eigenvalue weighted by molar-refractivity contribution is 5.65. The second-order valence-electron chi connectivity index (χ2n) is 4.89. The van der Waals surface area contributed by atoms with Gasteiger partial charge in [0.15, 0.2) is 0 Å². The highest BCUT2D eigenvalue weighted by Crippen LogP contribution is 2.26. The van der Waals surface area contributed by atoms with Gasteiger partial charge < -0.3 is 5.32 Å². The maximum atomic E-state index is 4.35. The molecule has 3 nitrogen and oxygen atoms in total.